The van der Waals surface area contributed by atoms with Gasteiger partial charge in [-0.25, -0.2) is 4.79 Å². The molecule has 2 aliphatic rings. The van der Waals surface area contributed by atoms with Gasteiger partial charge in [-0.3, -0.25) is 0 Å². The summed E-state index contributed by atoms with van der Waals surface area (Å²) >= 11 is 6.18. The first-order chi connectivity index (χ1) is 19.8. The van der Waals surface area contributed by atoms with Crippen molar-refractivity contribution >= 4 is 26.1 Å². The molecule has 0 aromatic heterocycles. The predicted molar refractivity (Wildman–Crippen MR) is 164 cm³/mol. The molecule has 5 rings (SSSR count). The zero-order chi connectivity index (χ0) is 28.9. The van der Waals surface area contributed by atoms with Gasteiger partial charge < -0.3 is 23.4 Å². The molecule has 2 fully saturated rings. The molecule has 0 bridgehead atoms. The van der Waals surface area contributed by atoms with E-state index in [1.54, 1.807) is 4.90 Å². The van der Waals surface area contributed by atoms with Gasteiger partial charge in [0, 0.05) is 24.5 Å². The van der Waals surface area contributed by atoms with E-state index in [1.807, 2.05) is 30.3 Å². The lowest BCUT2D eigenvalue weighted by Gasteiger charge is -2.29. The Morgan fingerprint density at radius 1 is 1.07 bits per heavy atom. The van der Waals surface area contributed by atoms with Gasteiger partial charge in [-0.05, 0) is 103 Å². The summed E-state index contributed by atoms with van der Waals surface area (Å²) in [6.45, 7) is 10.7. The molecule has 3 aromatic rings. The van der Waals surface area contributed by atoms with Crippen LogP contribution in [0.4, 0.5) is 4.79 Å². The zero-order valence-corrected chi connectivity index (χ0v) is 26.0. The summed E-state index contributed by atoms with van der Waals surface area (Å²) in [4.78, 5) is 14.4. The number of hydrogen-bond acceptors (Lipinski definition) is 5. The number of ether oxygens (including phenoxy) is 2. The summed E-state index contributed by atoms with van der Waals surface area (Å²) in [5.41, 5.74) is 6.93. The standard InChI is InChI=1S/C33H39ClNO5P/c1-22(2)29-18-25(10-11-32(29)39-33(36)35-13-5-6-14-35)19-30-23(3)16-28(17-24(30)4)37-21-41-38-15-12-31(40-41)26-8-7-9-27(34)20-26/h7-11,16-18,20,22,31H,5-6,12-15,19,21H2,1-4H3. The van der Waals surface area contributed by atoms with Gasteiger partial charge in [0.15, 0.2) is 6.35 Å². The van der Waals surface area contributed by atoms with Gasteiger partial charge in [-0.1, -0.05) is 49.7 Å². The molecular formula is C33H39ClNO5P. The van der Waals surface area contributed by atoms with Crippen LogP contribution in [0, 0.1) is 13.8 Å². The quantitative estimate of drug-likeness (QED) is 0.243. The number of aryl methyl sites for hydroxylation is 2. The predicted octanol–water partition coefficient (Wildman–Crippen LogP) is 9.09. The molecular weight excluding hydrogens is 557 g/mol. The SMILES string of the molecule is Cc1cc(OCP2OCCC(c3cccc(Cl)c3)O2)cc(C)c1Cc1ccc(OC(=O)N2CCCC2)c(C(C)C)c1. The fraction of sp³-hybridized carbons (Fsp3) is 0.424. The van der Waals surface area contributed by atoms with Crippen LogP contribution in [-0.2, 0) is 15.5 Å². The average molecular weight is 596 g/mol. The van der Waals surface area contributed by atoms with Crippen LogP contribution < -0.4 is 9.47 Å². The van der Waals surface area contributed by atoms with Crippen molar-refractivity contribution in [1.82, 2.24) is 4.90 Å². The van der Waals surface area contributed by atoms with E-state index in [0.29, 0.717) is 23.7 Å². The first kappa shape index (κ1) is 29.8. The number of amides is 1. The first-order valence-electron chi connectivity index (χ1n) is 14.4. The smallest absolute Gasteiger partial charge is 0.415 e. The minimum atomic E-state index is -1.16. The Morgan fingerprint density at radius 3 is 2.54 bits per heavy atom. The fourth-order valence-corrected chi connectivity index (χ4v) is 6.92. The highest BCUT2D eigenvalue weighted by Gasteiger charge is 2.26. The molecule has 0 saturated carbocycles. The summed E-state index contributed by atoms with van der Waals surface area (Å²) in [7, 11) is -1.16. The molecule has 2 heterocycles. The Morgan fingerprint density at radius 2 is 1.83 bits per heavy atom. The summed E-state index contributed by atoms with van der Waals surface area (Å²) in [6.07, 6.45) is 3.77. The summed E-state index contributed by atoms with van der Waals surface area (Å²) in [6, 6.07) is 18.2. The number of halogens is 1. The van der Waals surface area contributed by atoms with Gasteiger partial charge in [-0.15, -0.1) is 0 Å². The van der Waals surface area contributed by atoms with Crippen LogP contribution in [0.2, 0.25) is 5.02 Å². The summed E-state index contributed by atoms with van der Waals surface area (Å²) in [5, 5.41) is 0.710. The zero-order valence-electron chi connectivity index (χ0n) is 24.3. The lowest BCUT2D eigenvalue weighted by atomic mass is 9.93. The van der Waals surface area contributed by atoms with E-state index in [4.69, 9.17) is 30.1 Å². The Bertz CT molecular complexity index is 1350. The van der Waals surface area contributed by atoms with Gasteiger partial charge >= 0.3 is 6.09 Å². The fourth-order valence-electron chi connectivity index (χ4n) is 5.45. The molecule has 0 radical (unpaired) electrons. The Hall–Kier alpha value is -2.63. The molecule has 3 aromatic carbocycles. The molecule has 8 heteroatoms. The van der Waals surface area contributed by atoms with Crippen molar-refractivity contribution in [3.05, 3.63) is 93.0 Å². The molecule has 0 aliphatic carbocycles. The van der Waals surface area contributed by atoms with E-state index in [2.05, 4.69) is 52.0 Å². The lowest BCUT2D eigenvalue weighted by molar-refractivity contribution is 0.100. The molecule has 218 valence electrons. The van der Waals surface area contributed by atoms with Crippen molar-refractivity contribution in [2.24, 2.45) is 0 Å². The van der Waals surface area contributed by atoms with Crippen LogP contribution in [0.1, 0.15) is 78.5 Å². The van der Waals surface area contributed by atoms with Gasteiger partial charge in [0.05, 0.1) is 12.7 Å². The van der Waals surface area contributed by atoms with E-state index in [1.165, 1.54) is 22.3 Å². The minimum absolute atomic E-state index is 0.0335. The second-order valence-electron chi connectivity index (χ2n) is 11.2. The van der Waals surface area contributed by atoms with Crippen LogP contribution in [0.25, 0.3) is 0 Å². The van der Waals surface area contributed by atoms with Crippen molar-refractivity contribution in [2.45, 2.75) is 65.4 Å². The van der Waals surface area contributed by atoms with Crippen molar-refractivity contribution in [3.63, 3.8) is 0 Å². The van der Waals surface area contributed by atoms with Crippen molar-refractivity contribution in [1.29, 1.82) is 0 Å². The van der Waals surface area contributed by atoms with Crippen LogP contribution in [0.3, 0.4) is 0 Å². The molecule has 0 N–H and O–H groups in total. The molecule has 6 nitrogen and oxygen atoms in total. The van der Waals surface area contributed by atoms with Crippen molar-refractivity contribution < 1.29 is 23.3 Å². The summed E-state index contributed by atoms with van der Waals surface area (Å²) in [5.74, 6) is 1.71. The third-order valence-corrected chi connectivity index (χ3v) is 9.26. The van der Waals surface area contributed by atoms with E-state index < -0.39 is 8.38 Å². The average Bonchev–Trinajstić information content (AvgIpc) is 3.50. The van der Waals surface area contributed by atoms with Crippen LogP contribution >= 0.6 is 20.0 Å². The molecule has 1 amide bonds. The summed E-state index contributed by atoms with van der Waals surface area (Å²) < 4.78 is 24.1. The van der Waals surface area contributed by atoms with Crippen LogP contribution in [-0.4, -0.2) is 37.0 Å². The molecule has 41 heavy (non-hydrogen) atoms. The number of carbonyl (C=O) groups is 1. The Balaban J connectivity index is 1.23. The number of hydrogen-bond donors (Lipinski definition) is 0. The topological polar surface area (TPSA) is 57.2 Å². The third-order valence-electron chi connectivity index (χ3n) is 7.73. The number of likely N-dealkylation sites (tertiary alicyclic amines) is 1. The first-order valence-corrected chi connectivity index (χ1v) is 16.2. The molecule has 2 saturated heterocycles. The monoisotopic (exact) mass is 595 g/mol. The van der Waals surface area contributed by atoms with Crippen LogP contribution in [0.5, 0.6) is 11.5 Å². The van der Waals surface area contributed by atoms with Crippen molar-refractivity contribution in [3.8, 4) is 11.5 Å². The number of benzene rings is 3. The molecule has 0 spiro atoms. The Kier molecular flexibility index (Phi) is 9.87. The molecule has 2 aliphatic heterocycles. The van der Waals surface area contributed by atoms with E-state index in [-0.39, 0.29) is 18.1 Å². The van der Waals surface area contributed by atoms with E-state index in [9.17, 15) is 4.79 Å². The third kappa shape index (κ3) is 7.61. The normalized spacial score (nSPS) is 19.0. The second-order valence-corrected chi connectivity index (χ2v) is 13.0. The number of nitrogens with zero attached hydrogens (tertiary/aromatic N) is 1. The highest BCUT2D eigenvalue weighted by Crippen LogP contribution is 2.49. The van der Waals surface area contributed by atoms with E-state index in [0.717, 1.165) is 55.6 Å². The van der Waals surface area contributed by atoms with E-state index >= 15 is 0 Å². The van der Waals surface area contributed by atoms with Gasteiger partial charge in [0.2, 0.25) is 8.38 Å². The van der Waals surface area contributed by atoms with Crippen molar-refractivity contribution in [2.75, 3.05) is 26.0 Å². The van der Waals surface area contributed by atoms with Gasteiger partial charge in [-0.2, -0.15) is 0 Å². The Labute approximate surface area is 249 Å². The maximum atomic E-state index is 12.6. The maximum Gasteiger partial charge on any atom is 0.415 e. The molecule has 2 atom stereocenters. The second kappa shape index (κ2) is 13.6. The maximum absolute atomic E-state index is 12.6. The highest BCUT2D eigenvalue weighted by molar-refractivity contribution is 7.47. The largest absolute Gasteiger partial charge is 0.484 e. The van der Waals surface area contributed by atoms with Crippen LogP contribution in [0.15, 0.2) is 54.6 Å². The number of carbonyl (C=O) groups excluding carboxylic acids is 1. The highest BCUT2D eigenvalue weighted by atomic mass is 35.5. The number of rotatable bonds is 8. The minimum Gasteiger partial charge on any atom is -0.484 e. The van der Waals surface area contributed by atoms with Gasteiger partial charge in [0.25, 0.3) is 0 Å². The van der Waals surface area contributed by atoms with Gasteiger partial charge in [0.1, 0.15) is 11.5 Å². The molecule has 2 unspecified atom stereocenters. The lowest BCUT2D eigenvalue weighted by Crippen LogP contribution is -2.30.